The molecule has 7 heteroatoms. The summed E-state index contributed by atoms with van der Waals surface area (Å²) in [5.41, 5.74) is 15.8. The topological polar surface area (TPSA) is 104 Å². The van der Waals surface area contributed by atoms with Crippen LogP contribution in [0.3, 0.4) is 0 Å². The van der Waals surface area contributed by atoms with Crippen LogP contribution in [0.4, 0.5) is 0 Å². The summed E-state index contributed by atoms with van der Waals surface area (Å²) in [5.74, 6) is 0.00849. The molecule has 0 saturated heterocycles. The van der Waals surface area contributed by atoms with Crippen molar-refractivity contribution < 1.29 is 4.79 Å². The second-order valence-electron chi connectivity index (χ2n) is 8.10. The third-order valence-corrected chi connectivity index (χ3v) is 6.03. The Balaban J connectivity index is 1.78. The zero-order chi connectivity index (χ0) is 22.3. The molecule has 0 spiro atoms. The van der Waals surface area contributed by atoms with E-state index in [-0.39, 0.29) is 11.7 Å². The second kappa shape index (κ2) is 10.4. The van der Waals surface area contributed by atoms with E-state index in [2.05, 4.69) is 34.4 Å². The summed E-state index contributed by atoms with van der Waals surface area (Å²) < 4.78 is 0. The summed E-state index contributed by atoms with van der Waals surface area (Å²) in [5, 5.41) is 10.3. The first-order valence-corrected chi connectivity index (χ1v) is 10.8. The van der Waals surface area contributed by atoms with Crippen LogP contribution in [-0.4, -0.2) is 17.8 Å². The van der Waals surface area contributed by atoms with Gasteiger partial charge in [-0.2, -0.15) is 5.53 Å². The molecular formula is C24H28ClN5O. The zero-order valence-electron chi connectivity index (χ0n) is 17.5. The fourth-order valence-electron chi connectivity index (χ4n) is 4.27. The van der Waals surface area contributed by atoms with Crippen LogP contribution in [0.1, 0.15) is 37.7 Å². The second-order valence-corrected chi connectivity index (χ2v) is 8.63. The van der Waals surface area contributed by atoms with Crippen molar-refractivity contribution in [3.63, 3.8) is 0 Å². The number of halogens is 1. The van der Waals surface area contributed by atoms with E-state index < -0.39 is 11.5 Å². The Labute approximate surface area is 188 Å². The van der Waals surface area contributed by atoms with Crippen molar-refractivity contribution in [3.05, 3.63) is 71.8 Å². The average Bonchev–Trinajstić information content (AvgIpc) is 3.23. The van der Waals surface area contributed by atoms with Gasteiger partial charge < -0.3 is 11.1 Å². The first-order chi connectivity index (χ1) is 14.9. The molecule has 0 aliphatic heterocycles. The van der Waals surface area contributed by atoms with Crippen molar-refractivity contribution in [2.75, 3.05) is 0 Å². The van der Waals surface area contributed by atoms with E-state index in [1.54, 1.807) is 0 Å². The van der Waals surface area contributed by atoms with E-state index in [1.807, 2.05) is 42.5 Å². The molecule has 0 aromatic heterocycles. The molecule has 1 aliphatic rings. The maximum atomic E-state index is 13.3. The highest BCUT2D eigenvalue weighted by molar-refractivity contribution is 6.29. The maximum absolute atomic E-state index is 13.3. The molecule has 2 aromatic rings. The van der Waals surface area contributed by atoms with E-state index in [1.165, 1.54) is 0 Å². The summed E-state index contributed by atoms with van der Waals surface area (Å²) in [6, 6.07) is 17.7. The van der Waals surface area contributed by atoms with Crippen molar-refractivity contribution in [2.45, 2.75) is 44.6 Å². The molecule has 1 atom stereocenters. The summed E-state index contributed by atoms with van der Waals surface area (Å²) in [6.07, 6.45) is 4.39. The third-order valence-electron chi connectivity index (χ3n) is 5.90. The van der Waals surface area contributed by atoms with Crippen molar-refractivity contribution in [1.82, 2.24) is 5.32 Å². The molecule has 1 saturated carbocycles. The molecule has 2 aromatic carbocycles. The van der Waals surface area contributed by atoms with Gasteiger partial charge in [-0.05, 0) is 42.4 Å². The van der Waals surface area contributed by atoms with Crippen LogP contribution in [0.25, 0.3) is 11.1 Å². The van der Waals surface area contributed by atoms with E-state index >= 15 is 0 Å². The summed E-state index contributed by atoms with van der Waals surface area (Å²) in [6.45, 7) is 3.79. The minimum Gasteiger partial charge on any atom is -0.384 e. The van der Waals surface area contributed by atoms with Gasteiger partial charge in [0, 0.05) is 5.03 Å². The number of hydrogen-bond acceptors (Lipinski definition) is 3. The molecule has 0 unspecified atom stereocenters. The van der Waals surface area contributed by atoms with Crippen LogP contribution in [-0.2, 0) is 11.2 Å². The van der Waals surface area contributed by atoms with Crippen LogP contribution in [0.2, 0.25) is 0 Å². The number of carbonyl (C=O) groups excluding carboxylic acids is 1. The van der Waals surface area contributed by atoms with Gasteiger partial charge in [0.05, 0.1) is 11.5 Å². The minimum atomic E-state index is -0.565. The maximum Gasteiger partial charge on any atom is 0.227 e. The lowest BCUT2D eigenvalue weighted by Crippen LogP contribution is -2.51. The van der Waals surface area contributed by atoms with Crippen molar-refractivity contribution >= 4 is 23.3 Å². The van der Waals surface area contributed by atoms with Gasteiger partial charge in [0.25, 0.3) is 0 Å². The van der Waals surface area contributed by atoms with Crippen LogP contribution >= 0.6 is 11.6 Å². The summed E-state index contributed by atoms with van der Waals surface area (Å²) >= 11 is 6.07. The molecule has 0 radical (unpaired) electrons. The number of carbonyl (C=O) groups is 1. The predicted octanol–water partition coefficient (Wildman–Crippen LogP) is 5.39. The van der Waals surface area contributed by atoms with E-state index in [0.29, 0.717) is 17.9 Å². The number of amides is 1. The fourth-order valence-corrected chi connectivity index (χ4v) is 4.53. The zero-order valence-corrected chi connectivity index (χ0v) is 18.2. The SMILES string of the molecule is C=C(Cl)CC1(C(=O)N[C@@H](Cc2ccc(-c3ccccc3)cc2)/C(N)=N/N=N)CCCC1. The van der Waals surface area contributed by atoms with Gasteiger partial charge in [-0.25, -0.2) is 0 Å². The molecule has 6 nitrogen and oxygen atoms in total. The normalized spacial score (nSPS) is 16.5. The third kappa shape index (κ3) is 5.79. The Morgan fingerprint density at radius 1 is 1.13 bits per heavy atom. The number of nitrogens with one attached hydrogen (secondary N) is 2. The average molecular weight is 438 g/mol. The quantitative estimate of drug-likeness (QED) is 0.212. The van der Waals surface area contributed by atoms with Gasteiger partial charge in [-0.1, -0.05) is 90.8 Å². The highest BCUT2D eigenvalue weighted by atomic mass is 35.5. The largest absolute Gasteiger partial charge is 0.384 e. The lowest BCUT2D eigenvalue weighted by atomic mass is 9.81. The van der Waals surface area contributed by atoms with Gasteiger partial charge in [0.1, 0.15) is 5.84 Å². The van der Waals surface area contributed by atoms with Crippen molar-refractivity contribution in [3.8, 4) is 11.1 Å². The number of allylic oxidation sites excluding steroid dienone is 1. The minimum absolute atomic E-state index is 0.0964. The van der Waals surface area contributed by atoms with Crippen molar-refractivity contribution in [1.29, 1.82) is 5.53 Å². The standard InChI is InChI=1S/C24H28ClN5O/c1-17(25)16-24(13-5-6-14-24)23(31)28-21(22(26)29-30-27)15-18-9-11-20(12-10-18)19-7-3-2-4-8-19/h2-4,7-12,21H,1,5-6,13-16H2,(H,28,31)(H3,26,27,29)/t21-/m0/s1. The van der Waals surface area contributed by atoms with E-state index in [9.17, 15) is 4.79 Å². The Morgan fingerprint density at radius 3 is 2.32 bits per heavy atom. The van der Waals surface area contributed by atoms with Gasteiger partial charge in [0.2, 0.25) is 5.91 Å². The van der Waals surface area contributed by atoms with Crippen LogP contribution in [0, 0.1) is 10.9 Å². The fraction of sp³-hybridized carbons (Fsp3) is 0.333. The van der Waals surface area contributed by atoms with Gasteiger partial charge >= 0.3 is 0 Å². The summed E-state index contributed by atoms with van der Waals surface area (Å²) in [4.78, 5) is 13.3. The molecule has 4 N–H and O–H groups in total. The van der Waals surface area contributed by atoms with Gasteiger partial charge in [-0.15, -0.1) is 5.10 Å². The van der Waals surface area contributed by atoms with E-state index in [0.717, 1.165) is 42.4 Å². The van der Waals surface area contributed by atoms with Crippen molar-refractivity contribution in [2.24, 2.45) is 21.5 Å². The Bertz CT molecular complexity index is 950. The van der Waals surface area contributed by atoms with E-state index in [4.69, 9.17) is 22.9 Å². The number of nitrogens with two attached hydrogens (primary N) is 1. The predicted molar refractivity (Wildman–Crippen MR) is 125 cm³/mol. The molecule has 0 heterocycles. The molecular weight excluding hydrogens is 410 g/mol. The highest BCUT2D eigenvalue weighted by Gasteiger charge is 2.42. The first kappa shape index (κ1) is 22.7. The Kier molecular flexibility index (Phi) is 7.58. The molecule has 162 valence electrons. The molecule has 1 fully saturated rings. The Morgan fingerprint density at radius 2 is 1.74 bits per heavy atom. The van der Waals surface area contributed by atoms with Gasteiger partial charge in [0.15, 0.2) is 0 Å². The number of hydrogen-bond donors (Lipinski definition) is 3. The molecule has 31 heavy (non-hydrogen) atoms. The van der Waals surface area contributed by atoms with Gasteiger partial charge in [-0.3, -0.25) is 4.79 Å². The van der Waals surface area contributed by atoms with Crippen LogP contribution < -0.4 is 11.1 Å². The lowest BCUT2D eigenvalue weighted by Gasteiger charge is -2.30. The number of amidine groups is 1. The monoisotopic (exact) mass is 437 g/mol. The number of rotatable bonds is 9. The summed E-state index contributed by atoms with van der Waals surface area (Å²) in [7, 11) is 0. The van der Waals surface area contributed by atoms with Crippen LogP contribution in [0.5, 0.6) is 0 Å². The molecule has 1 amide bonds. The van der Waals surface area contributed by atoms with Crippen LogP contribution in [0.15, 0.2) is 76.5 Å². The Hall–Kier alpha value is -2.99. The lowest BCUT2D eigenvalue weighted by molar-refractivity contribution is -0.131. The molecule has 0 bridgehead atoms. The molecule has 3 rings (SSSR count). The smallest absolute Gasteiger partial charge is 0.227 e. The number of benzene rings is 2. The highest BCUT2D eigenvalue weighted by Crippen LogP contribution is 2.43. The molecule has 1 aliphatic carbocycles. The first-order valence-electron chi connectivity index (χ1n) is 10.4. The number of nitrogens with zero attached hydrogens (tertiary/aromatic N) is 2.